The standard InChI is InChI=1S/C35H38N6O4/c1-5-41(6-2)17-8-18-45-28-14-12-26(13-15-28)36-22-30-29-16-11-25(21-31(29)38-34(30)43)33(42)24-9-7-10-27(20-24)37-35(44)32-19-23(3)39-40(32)4/h7,9-16,19-22,30H,5-6,8,17-18H2,1-4H3,(H,37,44)(H,38,43). The number of fused-ring (bicyclic) bond motifs is 1. The number of ketones is 1. The minimum atomic E-state index is -0.575. The molecule has 45 heavy (non-hydrogen) atoms. The Hall–Kier alpha value is -5.09. The van der Waals surface area contributed by atoms with E-state index in [0.717, 1.165) is 43.1 Å². The van der Waals surface area contributed by atoms with E-state index in [0.29, 0.717) is 40.5 Å². The molecule has 1 aliphatic rings. The Labute approximate surface area is 263 Å². The number of carbonyl (C=O) groups is 3. The molecule has 1 atom stereocenters. The number of carbonyl (C=O) groups excluding carboxylic acids is 3. The average Bonchev–Trinajstić information content (AvgIpc) is 3.56. The van der Waals surface area contributed by atoms with Gasteiger partial charge in [-0.25, -0.2) is 0 Å². The zero-order chi connectivity index (χ0) is 31.9. The maximum absolute atomic E-state index is 13.4. The largest absolute Gasteiger partial charge is 0.494 e. The molecule has 2 N–H and O–H groups in total. The zero-order valence-electron chi connectivity index (χ0n) is 26.0. The first kappa shape index (κ1) is 31.3. The molecule has 0 aliphatic carbocycles. The predicted octanol–water partition coefficient (Wildman–Crippen LogP) is 5.76. The Balaban J connectivity index is 1.21. The molecule has 3 aromatic carbocycles. The summed E-state index contributed by atoms with van der Waals surface area (Å²) in [5, 5.41) is 9.91. The van der Waals surface area contributed by atoms with Crippen molar-refractivity contribution in [3.05, 3.63) is 101 Å². The Morgan fingerprint density at radius 2 is 1.80 bits per heavy atom. The van der Waals surface area contributed by atoms with Crippen LogP contribution < -0.4 is 15.4 Å². The topological polar surface area (TPSA) is 118 Å². The monoisotopic (exact) mass is 606 g/mol. The molecule has 232 valence electrons. The van der Waals surface area contributed by atoms with Crippen LogP contribution in [0.25, 0.3) is 0 Å². The van der Waals surface area contributed by atoms with E-state index in [1.54, 1.807) is 61.8 Å². The van der Waals surface area contributed by atoms with E-state index >= 15 is 0 Å². The van der Waals surface area contributed by atoms with Crippen LogP contribution in [-0.4, -0.2) is 64.7 Å². The smallest absolute Gasteiger partial charge is 0.273 e. The lowest BCUT2D eigenvalue weighted by Gasteiger charge is -2.17. The van der Waals surface area contributed by atoms with E-state index in [-0.39, 0.29) is 17.6 Å². The molecule has 0 fully saturated rings. The lowest BCUT2D eigenvalue weighted by molar-refractivity contribution is -0.115. The van der Waals surface area contributed by atoms with Crippen molar-refractivity contribution in [2.24, 2.45) is 12.0 Å². The quantitative estimate of drug-likeness (QED) is 0.114. The molecule has 5 rings (SSSR count). The van der Waals surface area contributed by atoms with Gasteiger partial charge in [-0.15, -0.1) is 0 Å². The maximum atomic E-state index is 13.4. The molecule has 0 radical (unpaired) electrons. The summed E-state index contributed by atoms with van der Waals surface area (Å²) in [7, 11) is 1.70. The van der Waals surface area contributed by atoms with Crippen molar-refractivity contribution >= 4 is 40.9 Å². The molecule has 4 aromatic rings. The van der Waals surface area contributed by atoms with Crippen molar-refractivity contribution in [2.45, 2.75) is 33.1 Å². The summed E-state index contributed by atoms with van der Waals surface area (Å²) >= 11 is 0. The van der Waals surface area contributed by atoms with E-state index in [1.807, 2.05) is 31.2 Å². The Kier molecular flexibility index (Phi) is 9.84. The van der Waals surface area contributed by atoms with Gasteiger partial charge in [-0.1, -0.05) is 38.1 Å². The number of rotatable bonds is 13. The zero-order valence-corrected chi connectivity index (χ0v) is 26.0. The van der Waals surface area contributed by atoms with Gasteiger partial charge in [0.25, 0.3) is 5.91 Å². The molecular weight excluding hydrogens is 568 g/mol. The van der Waals surface area contributed by atoms with Crippen LogP contribution in [0.4, 0.5) is 17.1 Å². The van der Waals surface area contributed by atoms with Crippen LogP contribution in [0.2, 0.25) is 0 Å². The van der Waals surface area contributed by atoms with Gasteiger partial charge in [0.15, 0.2) is 5.78 Å². The molecule has 2 heterocycles. The minimum Gasteiger partial charge on any atom is -0.494 e. The van der Waals surface area contributed by atoms with Gasteiger partial charge >= 0.3 is 0 Å². The van der Waals surface area contributed by atoms with Crippen LogP contribution in [0.5, 0.6) is 5.75 Å². The highest BCUT2D eigenvalue weighted by molar-refractivity contribution is 6.15. The van der Waals surface area contributed by atoms with Crippen LogP contribution in [-0.2, 0) is 11.8 Å². The summed E-state index contributed by atoms with van der Waals surface area (Å²) in [5.41, 5.74) is 4.51. The third-order valence-electron chi connectivity index (χ3n) is 7.80. The molecule has 1 aliphatic heterocycles. The molecule has 0 spiro atoms. The fourth-order valence-corrected chi connectivity index (χ4v) is 5.31. The van der Waals surface area contributed by atoms with E-state index < -0.39 is 5.92 Å². The first-order valence-corrected chi connectivity index (χ1v) is 15.2. The first-order valence-electron chi connectivity index (χ1n) is 15.2. The van der Waals surface area contributed by atoms with Crippen molar-refractivity contribution in [1.82, 2.24) is 14.7 Å². The summed E-state index contributed by atoms with van der Waals surface area (Å²) in [6.07, 6.45) is 2.58. The lowest BCUT2D eigenvalue weighted by atomic mass is 9.97. The molecule has 0 saturated heterocycles. The van der Waals surface area contributed by atoms with Gasteiger partial charge in [-0.2, -0.15) is 5.10 Å². The van der Waals surface area contributed by atoms with E-state index in [4.69, 9.17) is 4.74 Å². The second kappa shape index (κ2) is 14.1. The highest BCUT2D eigenvalue weighted by Crippen LogP contribution is 2.33. The number of aryl methyl sites for hydroxylation is 2. The van der Waals surface area contributed by atoms with Crippen LogP contribution >= 0.6 is 0 Å². The van der Waals surface area contributed by atoms with Gasteiger partial charge < -0.3 is 20.3 Å². The maximum Gasteiger partial charge on any atom is 0.273 e. The van der Waals surface area contributed by atoms with Crippen molar-refractivity contribution in [1.29, 1.82) is 0 Å². The average molecular weight is 607 g/mol. The SMILES string of the molecule is CCN(CC)CCCOc1ccc(N=CC2C(=O)Nc3cc(C(=O)c4cccc(NC(=O)c5cc(C)nn5C)c4)ccc32)cc1. The Morgan fingerprint density at radius 1 is 1.04 bits per heavy atom. The number of ether oxygens (including phenoxy) is 1. The molecular formula is C35H38N6O4. The summed E-state index contributed by atoms with van der Waals surface area (Å²) in [6.45, 7) is 9.87. The summed E-state index contributed by atoms with van der Waals surface area (Å²) in [5.74, 6) is -0.546. The third-order valence-corrected chi connectivity index (χ3v) is 7.80. The van der Waals surface area contributed by atoms with Crippen molar-refractivity contribution in [2.75, 3.05) is 36.9 Å². The van der Waals surface area contributed by atoms with E-state index in [9.17, 15) is 14.4 Å². The molecule has 1 aromatic heterocycles. The second-order valence-electron chi connectivity index (χ2n) is 10.9. The van der Waals surface area contributed by atoms with Crippen LogP contribution in [0.3, 0.4) is 0 Å². The highest BCUT2D eigenvalue weighted by Gasteiger charge is 2.30. The molecule has 0 saturated carbocycles. The molecule has 1 unspecified atom stereocenters. The number of aromatic nitrogens is 2. The minimum absolute atomic E-state index is 0.207. The Morgan fingerprint density at radius 3 is 2.51 bits per heavy atom. The Bertz CT molecular complexity index is 1720. The summed E-state index contributed by atoms with van der Waals surface area (Å²) in [4.78, 5) is 45.8. The highest BCUT2D eigenvalue weighted by atomic mass is 16.5. The summed E-state index contributed by atoms with van der Waals surface area (Å²) < 4.78 is 7.37. The molecule has 2 amide bonds. The van der Waals surface area contributed by atoms with E-state index in [1.165, 1.54) is 4.68 Å². The van der Waals surface area contributed by atoms with E-state index in [2.05, 4.69) is 39.5 Å². The fourth-order valence-electron chi connectivity index (χ4n) is 5.31. The number of hydrogen-bond acceptors (Lipinski definition) is 7. The number of benzene rings is 3. The van der Waals surface area contributed by atoms with Crippen LogP contribution in [0.1, 0.15) is 63.9 Å². The number of amides is 2. The fraction of sp³-hybridized carbons (Fsp3) is 0.286. The van der Waals surface area contributed by atoms with Crippen molar-refractivity contribution in [3.8, 4) is 5.75 Å². The predicted molar refractivity (Wildman–Crippen MR) is 176 cm³/mol. The van der Waals surface area contributed by atoms with Gasteiger partial charge in [0.2, 0.25) is 5.91 Å². The van der Waals surface area contributed by atoms with Gasteiger partial charge in [-0.05, 0) is 80.5 Å². The second-order valence-corrected chi connectivity index (χ2v) is 10.9. The van der Waals surface area contributed by atoms with Crippen molar-refractivity contribution < 1.29 is 19.1 Å². The van der Waals surface area contributed by atoms with Gasteiger partial charge in [-0.3, -0.25) is 24.1 Å². The molecule has 0 bridgehead atoms. The third kappa shape index (κ3) is 7.53. The van der Waals surface area contributed by atoms with Crippen LogP contribution in [0.15, 0.2) is 77.8 Å². The normalized spacial score (nSPS) is 14.1. The number of aliphatic imine (C=N–C) groups is 1. The molecule has 10 heteroatoms. The number of anilines is 2. The van der Waals surface area contributed by atoms with Crippen LogP contribution in [0, 0.1) is 6.92 Å². The summed E-state index contributed by atoms with van der Waals surface area (Å²) in [6, 6.07) is 21.1. The number of hydrogen-bond donors (Lipinski definition) is 2. The van der Waals surface area contributed by atoms with Gasteiger partial charge in [0, 0.05) is 42.3 Å². The number of nitrogens with zero attached hydrogens (tertiary/aromatic N) is 4. The molecule has 10 nitrogen and oxygen atoms in total. The number of nitrogens with one attached hydrogen (secondary N) is 2. The van der Waals surface area contributed by atoms with Gasteiger partial charge in [0.05, 0.1) is 18.0 Å². The first-order chi connectivity index (χ1) is 21.7. The lowest BCUT2D eigenvalue weighted by Crippen LogP contribution is -2.25. The van der Waals surface area contributed by atoms with Gasteiger partial charge in [0.1, 0.15) is 17.4 Å². The van der Waals surface area contributed by atoms with Crippen molar-refractivity contribution in [3.63, 3.8) is 0 Å².